The Kier molecular flexibility index (Phi) is 5.48. The molecule has 2 aromatic carbocycles. The van der Waals surface area contributed by atoms with Crippen LogP contribution in [0.4, 0.5) is 0 Å². The number of amidine groups is 1. The lowest BCUT2D eigenvalue weighted by molar-refractivity contribution is 0.582. The Labute approximate surface area is 145 Å². The summed E-state index contributed by atoms with van der Waals surface area (Å²) in [6.07, 6.45) is 3.34. The van der Waals surface area contributed by atoms with Crippen LogP contribution in [0.2, 0.25) is 0 Å². The van der Waals surface area contributed by atoms with Crippen LogP contribution in [0, 0.1) is 0 Å². The van der Waals surface area contributed by atoms with Gasteiger partial charge in [-0.3, -0.25) is 0 Å². The fourth-order valence-electron chi connectivity index (χ4n) is 2.17. The molecular formula is C19H17N3OS. The van der Waals surface area contributed by atoms with Crippen molar-refractivity contribution >= 4 is 23.1 Å². The molecule has 0 spiro atoms. The van der Waals surface area contributed by atoms with Crippen LogP contribution < -0.4 is 5.73 Å². The number of furan rings is 1. The van der Waals surface area contributed by atoms with Gasteiger partial charge < -0.3 is 10.2 Å². The van der Waals surface area contributed by atoms with Crippen molar-refractivity contribution < 1.29 is 4.42 Å². The third-order valence-corrected chi connectivity index (χ3v) is 4.19. The summed E-state index contributed by atoms with van der Waals surface area (Å²) < 4.78 is 5.45. The molecule has 2 N–H and O–H groups in total. The summed E-state index contributed by atoms with van der Waals surface area (Å²) in [5.74, 6) is 1.57. The Morgan fingerprint density at radius 3 is 2.58 bits per heavy atom. The Bertz CT molecular complexity index is 827. The second-order valence-electron chi connectivity index (χ2n) is 5.02. The van der Waals surface area contributed by atoms with E-state index < -0.39 is 0 Å². The molecule has 0 saturated heterocycles. The van der Waals surface area contributed by atoms with Crippen LogP contribution in [-0.4, -0.2) is 11.4 Å². The van der Waals surface area contributed by atoms with Crippen molar-refractivity contribution in [3.05, 3.63) is 84.1 Å². The number of nitrogens with zero attached hydrogens (tertiary/aromatic N) is 2. The average Bonchev–Trinajstić information content (AvgIpc) is 3.16. The molecule has 0 aliphatic carbocycles. The summed E-state index contributed by atoms with van der Waals surface area (Å²) >= 11 is 1.46. The molecular weight excluding hydrogens is 318 g/mol. The maximum absolute atomic E-state index is 5.90. The monoisotopic (exact) mass is 335 g/mol. The van der Waals surface area contributed by atoms with Gasteiger partial charge in [0.2, 0.25) is 0 Å². The maximum Gasteiger partial charge on any atom is 0.180 e. The number of rotatable bonds is 5. The van der Waals surface area contributed by atoms with Crippen molar-refractivity contribution in [3.63, 3.8) is 0 Å². The topological polar surface area (TPSA) is 63.9 Å². The van der Waals surface area contributed by atoms with Crippen LogP contribution in [0.3, 0.4) is 0 Å². The molecule has 0 radical (unpaired) electrons. The lowest BCUT2D eigenvalue weighted by Crippen LogP contribution is -2.06. The molecule has 0 bridgehead atoms. The molecule has 0 aliphatic heterocycles. The Hall–Kier alpha value is -2.79. The second kappa shape index (κ2) is 8.17. The second-order valence-corrected chi connectivity index (χ2v) is 6.02. The molecule has 3 aromatic rings. The van der Waals surface area contributed by atoms with Gasteiger partial charge in [-0.05, 0) is 17.7 Å². The number of hydrogen-bond acceptors (Lipinski definition) is 4. The van der Waals surface area contributed by atoms with Gasteiger partial charge in [0.15, 0.2) is 5.17 Å². The summed E-state index contributed by atoms with van der Waals surface area (Å²) in [6, 6.07) is 21.8. The van der Waals surface area contributed by atoms with Gasteiger partial charge in [-0.15, -0.1) is 5.10 Å². The van der Waals surface area contributed by atoms with Crippen molar-refractivity contribution in [2.45, 2.75) is 5.75 Å². The molecule has 5 heteroatoms. The largest absolute Gasteiger partial charge is 0.464 e. The minimum absolute atomic E-state index is 0.436. The fraction of sp³-hybridized carbons (Fsp3) is 0.0526. The minimum atomic E-state index is 0.436. The number of hydrogen-bond donors (Lipinski definition) is 1. The van der Waals surface area contributed by atoms with Gasteiger partial charge in [0, 0.05) is 16.9 Å². The molecule has 4 nitrogen and oxygen atoms in total. The van der Waals surface area contributed by atoms with Crippen molar-refractivity contribution in [2.24, 2.45) is 15.9 Å². The van der Waals surface area contributed by atoms with E-state index in [-0.39, 0.29) is 0 Å². The minimum Gasteiger partial charge on any atom is -0.464 e. The molecule has 1 aromatic heterocycles. The van der Waals surface area contributed by atoms with Crippen LogP contribution in [0.5, 0.6) is 0 Å². The van der Waals surface area contributed by atoms with Gasteiger partial charge in [0.25, 0.3) is 0 Å². The predicted octanol–water partition coefficient (Wildman–Crippen LogP) is 4.53. The lowest BCUT2D eigenvalue weighted by Gasteiger charge is -2.01. The third-order valence-electron chi connectivity index (χ3n) is 3.33. The molecule has 24 heavy (non-hydrogen) atoms. The van der Waals surface area contributed by atoms with Gasteiger partial charge in [-0.2, -0.15) is 5.10 Å². The molecule has 1 heterocycles. The molecule has 0 unspecified atom stereocenters. The highest BCUT2D eigenvalue weighted by molar-refractivity contribution is 8.13. The van der Waals surface area contributed by atoms with E-state index in [1.807, 2.05) is 54.6 Å². The quantitative estimate of drug-likeness (QED) is 0.423. The zero-order chi connectivity index (χ0) is 16.6. The van der Waals surface area contributed by atoms with E-state index in [9.17, 15) is 0 Å². The number of nitrogens with two attached hydrogens (primary N) is 1. The zero-order valence-electron chi connectivity index (χ0n) is 13.0. The van der Waals surface area contributed by atoms with Crippen LogP contribution in [0.1, 0.15) is 11.1 Å². The summed E-state index contributed by atoms with van der Waals surface area (Å²) in [5.41, 5.74) is 9.00. The summed E-state index contributed by atoms with van der Waals surface area (Å²) in [6.45, 7) is 0. The van der Waals surface area contributed by atoms with Gasteiger partial charge in [0.1, 0.15) is 5.76 Å². The normalized spacial score (nSPS) is 11.9. The van der Waals surface area contributed by atoms with Crippen LogP contribution in [-0.2, 0) is 5.75 Å². The molecule has 0 atom stereocenters. The molecule has 0 fully saturated rings. The van der Waals surface area contributed by atoms with Gasteiger partial charge >= 0.3 is 0 Å². The first kappa shape index (κ1) is 16.1. The molecule has 0 amide bonds. The van der Waals surface area contributed by atoms with E-state index in [2.05, 4.69) is 22.3 Å². The van der Waals surface area contributed by atoms with Crippen molar-refractivity contribution in [1.82, 2.24) is 0 Å². The van der Waals surface area contributed by atoms with E-state index in [4.69, 9.17) is 10.2 Å². The fourth-order valence-corrected chi connectivity index (χ4v) is 2.79. The predicted molar refractivity (Wildman–Crippen MR) is 101 cm³/mol. The van der Waals surface area contributed by atoms with Crippen molar-refractivity contribution in [3.8, 4) is 11.3 Å². The Morgan fingerprint density at radius 1 is 1.00 bits per heavy atom. The first-order chi connectivity index (χ1) is 11.8. The lowest BCUT2D eigenvalue weighted by atomic mass is 10.1. The standard InChI is InChI=1S/C19H17N3OS/c20-19(24-14-15-7-2-1-3-8-15)22-21-13-16-9-4-5-10-17(16)18-11-6-12-23-18/h1-13H,14H2,(H2,20,22). The summed E-state index contributed by atoms with van der Waals surface area (Å²) in [7, 11) is 0. The highest BCUT2D eigenvalue weighted by Gasteiger charge is 2.04. The van der Waals surface area contributed by atoms with Gasteiger partial charge in [0.05, 0.1) is 12.5 Å². The highest BCUT2D eigenvalue weighted by atomic mass is 32.2. The van der Waals surface area contributed by atoms with E-state index in [1.165, 1.54) is 17.3 Å². The van der Waals surface area contributed by atoms with Crippen LogP contribution in [0.25, 0.3) is 11.3 Å². The van der Waals surface area contributed by atoms with Crippen molar-refractivity contribution in [1.29, 1.82) is 0 Å². The van der Waals surface area contributed by atoms with E-state index in [1.54, 1.807) is 12.5 Å². The van der Waals surface area contributed by atoms with Crippen molar-refractivity contribution in [2.75, 3.05) is 0 Å². The summed E-state index contributed by atoms with van der Waals surface area (Å²) in [4.78, 5) is 0. The van der Waals surface area contributed by atoms with E-state index in [0.717, 1.165) is 22.6 Å². The Balaban J connectivity index is 1.66. The average molecular weight is 335 g/mol. The maximum atomic E-state index is 5.90. The van der Waals surface area contributed by atoms with Crippen LogP contribution >= 0.6 is 11.8 Å². The van der Waals surface area contributed by atoms with E-state index >= 15 is 0 Å². The molecule has 0 saturated carbocycles. The molecule has 0 aliphatic rings. The SMILES string of the molecule is NC(=NN=Cc1ccccc1-c1ccco1)SCc1ccccc1. The van der Waals surface area contributed by atoms with E-state index in [0.29, 0.717) is 5.17 Å². The Morgan fingerprint density at radius 2 is 1.79 bits per heavy atom. The number of benzene rings is 2. The van der Waals surface area contributed by atoms with Gasteiger partial charge in [-0.1, -0.05) is 66.4 Å². The molecule has 3 rings (SSSR count). The molecule has 120 valence electrons. The first-order valence-electron chi connectivity index (χ1n) is 7.49. The zero-order valence-corrected chi connectivity index (χ0v) is 13.8. The number of thioether (sulfide) groups is 1. The highest BCUT2D eigenvalue weighted by Crippen LogP contribution is 2.22. The van der Waals surface area contributed by atoms with Crippen LogP contribution in [0.15, 0.2) is 87.6 Å². The third kappa shape index (κ3) is 4.36. The smallest absolute Gasteiger partial charge is 0.180 e. The summed E-state index contributed by atoms with van der Waals surface area (Å²) in [5, 5.41) is 8.59. The van der Waals surface area contributed by atoms with Gasteiger partial charge in [-0.25, -0.2) is 0 Å². The first-order valence-corrected chi connectivity index (χ1v) is 8.47.